The molecule has 1 fully saturated rings. The second-order valence-corrected chi connectivity index (χ2v) is 7.41. The zero-order chi connectivity index (χ0) is 18.1. The van der Waals surface area contributed by atoms with Crippen molar-refractivity contribution in [1.82, 2.24) is 24.6 Å². The Labute approximate surface area is 154 Å². The van der Waals surface area contributed by atoms with Crippen molar-refractivity contribution in [2.75, 3.05) is 32.1 Å². The van der Waals surface area contributed by atoms with Crippen LogP contribution in [-0.2, 0) is 13.6 Å². The van der Waals surface area contributed by atoms with Gasteiger partial charge in [0.15, 0.2) is 0 Å². The number of benzene rings is 1. The molecule has 2 aromatic heterocycles. The number of piperidine rings is 1. The fourth-order valence-electron chi connectivity index (χ4n) is 3.89. The van der Waals surface area contributed by atoms with E-state index in [4.69, 9.17) is 4.98 Å². The van der Waals surface area contributed by atoms with E-state index in [1.165, 1.54) is 10.8 Å². The summed E-state index contributed by atoms with van der Waals surface area (Å²) in [5, 5.41) is 11.4. The number of anilines is 1. The number of pyridine rings is 1. The lowest BCUT2D eigenvalue weighted by molar-refractivity contribution is 0.382. The molecule has 1 aromatic carbocycles. The molecule has 0 saturated carbocycles. The molecule has 0 spiro atoms. The van der Waals surface area contributed by atoms with E-state index in [-0.39, 0.29) is 0 Å². The van der Waals surface area contributed by atoms with Gasteiger partial charge in [-0.1, -0.05) is 24.3 Å². The highest BCUT2D eigenvalue weighted by Crippen LogP contribution is 2.31. The SMILES string of the molecule is CN(C)Cc1nnc(C2CCCN(c3nccc4ccccc34)C2)n1C. The summed E-state index contributed by atoms with van der Waals surface area (Å²) in [7, 11) is 6.20. The molecule has 0 radical (unpaired) electrons. The van der Waals surface area contributed by atoms with Gasteiger partial charge in [0.2, 0.25) is 0 Å². The Bertz CT molecular complexity index is 895. The summed E-state index contributed by atoms with van der Waals surface area (Å²) in [4.78, 5) is 9.24. The molecule has 6 nitrogen and oxygen atoms in total. The molecule has 3 aromatic rings. The van der Waals surface area contributed by atoms with Crippen LogP contribution < -0.4 is 4.90 Å². The van der Waals surface area contributed by atoms with Gasteiger partial charge in [0.05, 0.1) is 6.54 Å². The first kappa shape index (κ1) is 17.0. The highest BCUT2D eigenvalue weighted by Gasteiger charge is 2.27. The molecule has 0 N–H and O–H groups in total. The summed E-state index contributed by atoms with van der Waals surface area (Å²) < 4.78 is 2.17. The van der Waals surface area contributed by atoms with Gasteiger partial charge in [0, 0.05) is 37.6 Å². The Morgan fingerprint density at radius 2 is 2.00 bits per heavy atom. The van der Waals surface area contributed by atoms with Crippen LogP contribution >= 0.6 is 0 Å². The lowest BCUT2D eigenvalue weighted by Crippen LogP contribution is -2.36. The molecule has 1 atom stereocenters. The van der Waals surface area contributed by atoms with Crippen LogP contribution in [0.5, 0.6) is 0 Å². The Hall–Kier alpha value is -2.47. The Kier molecular flexibility index (Phi) is 4.59. The second-order valence-electron chi connectivity index (χ2n) is 7.41. The predicted octanol–water partition coefficient (Wildman–Crippen LogP) is 2.81. The number of hydrogen-bond donors (Lipinski definition) is 0. The quantitative estimate of drug-likeness (QED) is 0.724. The summed E-state index contributed by atoms with van der Waals surface area (Å²) in [6.45, 7) is 2.79. The standard InChI is InChI=1S/C20H26N6/c1-24(2)14-18-22-23-19(25(18)3)16-8-6-12-26(13-16)20-17-9-5-4-7-15(17)10-11-21-20/h4-5,7,9-11,16H,6,8,12-14H2,1-3H3. The zero-order valence-electron chi connectivity index (χ0n) is 15.8. The highest BCUT2D eigenvalue weighted by molar-refractivity contribution is 5.92. The third kappa shape index (κ3) is 3.17. The molecule has 4 rings (SSSR count). The first-order chi connectivity index (χ1) is 12.6. The van der Waals surface area contributed by atoms with Crippen molar-refractivity contribution in [1.29, 1.82) is 0 Å². The monoisotopic (exact) mass is 350 g/mol. The van der Waals surface area contributed by atoms with Crippen molar-refractivity contribution in [2.24, 2.45) is 7.05 Å². The molecule has 0 bridgehead atoms. The van der Waals surface area contributed by atoms with Gasteiger partial charge in [-0.15, -0.1) is 10.2 Å². The molecule has 1 aliphatic heterocycles. The number of nitrogens with zero attached hydrogens (tertiary/aromatic N) is 6. The Morgan fingerprint density at radius 1 is 1.15 bits per heavy atom. The minimum atomic E-state index is 0.387. The topological polar surface area (TPSA) is 50.1 Å². The van der Waals surface area contributed by atoms with Crippen LogP contribution in [0, 0.1) is 0 Å². The van der Waals surface area contributed by atoms with Crippen molar-refractivity contribution in [3.8, 4) is 0 Å². The maximum Gasteiger partial charge on any atom is 0.146 e. The number of aromatic nitrogens is 4. The maximum atomic E-state index is 4.70. The third-order valence-electron chi connectivity index (χ3n) is 5.20. The third-order valence-corrected chi connectivity index (χ3v) is 5.20. The largest absolute Gasteiger partial charge is 0.355 e. The van der Waals surface area contributed by atoms with Crippen molar-refractivity contribution in [2.45, 2.75) is 25.3 Å². The van der Waals surface area contributed by atoms with Gasteiger partial charge in [-0.25, -0.2) is 4.98 Å². The first-order valence-electron chi connectivity index (χ1n) is 9.25. The molecule has 0 amide bonds. The van der Waals surface area contributed by atoms with Crippen LogP contribution in [0.15, 0.2) is 36.5 Å². The van der Waals surface area contributed by atoms with E-state index in [0.29, 0.717) is 5.92 Å². The predicted molar refractivity (Wildman–Crippen MR) is 104 cm³/mol. The van der Waals surface area contributed by atoms with E-state index < -0.39 is 0 Å². The second kappa shape index (κ2) is 7.03. The average molecular weight is 350 g/mol. The molecule has 26 heavy (non-hydrogen) atoms. The molecular formula is C20H26N6. The van der Waals surface area contributed by atoms with Gasteiger partial charge in [0.25, 0.3) is 0 Å². The summed E-state index contributed by atoms with van der Waals surface area (Å²) in [5.74, 6) is 3.58. The van der Waals surface area contributed by atoms with E-state index in [9.17, 15) is 0 Å². The van der Waals surface area contributed by atoms with E-state index in [1.54, 1.807) is 0 Å². The summed E-state index contributed by atoms with van der Waals surface area (Å²) in [6.07, 6.45) is 4.21. The Balaban J connectivity index is 1.61. The smallest absolute Gasteiger partial charge is 0.146 e. The van der Waals surface area contributed by atoms with Crippen LogP contribution in [-0.4, -0.2) is 51.8 Å². The van der Waals surface area contributed by atoms with Gasteiger partial charge in [0.1, 0.15) is 17.5 Å². The highest BCUT2D eigenvalue weighted by atomic mass is 15.3. The van der Waals surface area contributed by atoms with Crippen LogP contribution in [0.1, 0.15) is 30.4 Å². The van der Waals surface area contributed by atoms with Gasteiger partial charge >= 0.3 is 0 Å². The average Bonchev–Trinajstić information content (AvgIpc) is 3.01. The maximum absolute atomic E-state index is 4.70. The number of rotatable bonds is 4. The van der Waals surface area contributed by atoms with E-state index in [1.807, 2.05) is 6.20 Å². The zero-order valence-corrected chi connectivity index (χ0v) is 15.8. The molecule has 1 aliphatic rings. The van der Waals surface area contributed by atoms with E-state index >= 15 is 0 Å². The van der Waals surface area contributed by atoms with Gasteiger partial charge in [-0.3, -0.25) is 0 Å². The lowest BCUT2D eigenvalue weighted by Gasteiger charge is -2.33. The van der Waals surface area contributed by atoms with Crippen molar-refractivity contribution < 1.29 is 0 Å². The number of hydrogen-bond acceptors (Lipinski definition) is 5. The normalized spacial score (nSPS) is 18.0. The summed E-state index contributed by atoms with van der Waals surface area (Å²) in [6, 6.07) is 10.6. The molecule has 136 valence electrons. The van der Waals surface area contributed by atoms with Crippen LogP contribution in [0.3, 0.4) is 0 Å². The molecule has 1 saturated heterocycles. The summed E-state index contributed by atoms with van der Waals surface area (Å²) >= 11 is 0. The van der Waals surface area contributed by atoms with E-state index in [2.05, 4.69) is 76.0 Å². The van der Waals surface area contributed by atoms with Gasteiger partial charge in [-0.2, -0.15) is 0 Å². The first-order valence-corrected chi connectivity index (χ1v) is 9.25. The molecular weight excluding hydrogens is 324 g/mol. The van der Waals surface area contributed by atoms with Crippen molar-refractivity contribution in [3.05, 3.63) is 48.2 Å². The lowest BCUT2D eigenvalue weighted by atomic mass is 9.96. The van der Waals surface area contributed by atoms with Crippen LogP contribution in [0.25, 0.3) is 10.8 Å². The number of fused-ring (bicyclic) bond motifs is 1. The van der Waals surface area contributed by atoms with Crippen LogP contribution in [0.2, 0.25) is 0 Å². The van der Waals surface area contributed by atoms with E-state index in [0.717, 1.165) is 49.9 Å². The molecule has 1 unspecified atom stereocenters. The Morgan fingerprint density at radius 3 is 2.85 bits per heavy atom. The fourth-order valence-corrected chi connectivity index (χ4v) is 3.89. The molecule has 3 heterocycles. The van der Waals surface area contributed by atoms with Crippen LogP contribution in [0.4, 0.5) is 5.82 Å². The molecule has 6 heteroatoms. The minimum Gasteiger partial charge on any atom is -0.355 e. The van der Waals surface area contributed by atoms with Gasteiger partial charge < -0.3 is 14.4 Å². The fraction of sp³-hybridized carbons (Fsp3) is 0.450. The minimum absolute atomic E-state index is 0.387. The summed E-state index contributed by atoms with van der Waals surface area (Å²) in [5.41, 5.74) is 0. The van der Waals surface area contributed by atoms with Gasteiger partial charge in [-0.05, 0) is 38.4 Å². The molecule has 0 aliphatic carbocycles. The van der Waals surface area contributed by atoms with Crippen molar-refractivity contribution >= 4 is 16.6 Å². The van der Waals surface area contributed by atoms with Crippen molar-refractivity contribution in [3.63, 3.8) is 0 Å².